The van der Waals surface area contributed by atoms with E-state index in [2.05, 4.69) is 5.32 Å². The summed E-state index contributed by atoms with van der Waals surface area (Å²) in [6, 6.07) is 8.47. The molecule has 0 bridgehead atoms. The molecule has 1 atom stereocenters. The van der Waals surface area contributed by atoms with Crippen molar-refractivity contribution in [2.75, 3.05) is 0 Å². The summed E-state index contributed by atoms with van der Waals surface area (Å²) in [4.78, 5) is 11.6. The zero-order chi connectivity index (χ0) is 11.3. The lowest BCUT2D eigenvalue weighted by Crippen LogP contribution is -2.32. The maximum Gasteiger partial charge on any atom is 0.251 e. The Hall–Kier alpha value is -1.53. The van der Waals surface area contributed by atoms with Gasteiger partial charge in [0.1, 0.15) is 0 Å². The highest BCUT2D eigenvalue weighted by Gasteiger charge is 2.08. The third-order valence-corrected chi connectivity index (χ3v) is 2.13. The van der Waals surface area contributed by atoms with Crippen LogP contribution in [0, 0.1) is 11.3 Å². The van der Waals surface area contributed by atoms with Crippen LogP contribution in [-0.2, 0) is 0 Å². The number of amides is 1. The molecule has 0 aliphatic rings. The van der Waals surface area contributed by atoms with Crippen LogP contribution in [-0.4, -0.2) is 11.9 Å². The molecule has 0 aliphatic carbocycles. The second-order valence-corrected chi connectivity index (χ2v) is 3.68. The van der Waals surface area contributed by atoms with E-state index in [-0.39, 0.29) is 11.9 Å². The molecular formula is C11H11ClN2O. The first-order chi connectivity index (χ1) is 7.13. The fourth-order valence-corrected chi connectivity index (χ4v) is 1.22. The van der Waals surface area contributed by atoms with Crippen molar-refractivity contribution in [3.63, 3.8) is 0 Å². The molecule has 4 heteroatoms. The van der Waals surface area contributed by atoms with Crippen molar-refractivity contribution in [3.8, 4) is 6.07 Å². The molecule has 0 saturated carbocycles. The normalized spacial score (nSPS) is 11.5. The molecule has 1 aromatic rings. The van der Waals surface area contributed by atoms with E-state index in [0.717, 1.165) is 0 Å². The number of nitriles is 1. The van der Waals surface area contributed by atoms with Crippen LogP contribution in [0.1, 0.15) is 23.7 Å². The van der Waals surface area contributed by atoms with Gasteiger partial charge in [-0.2, -0.15) is 5.26 Å². The Labute approximate surface area is 93.7 Å². The highest BCUT2D eigenvalue weighted by atomic mass is 35.5. The fourth-order valence-electron chi connectivity index (χ4n) is 1.10. The standard InChI is InChI=1S/C11H11ClN2O/c1-8(6-7-13)14-11(15)9-2-4-10(12)5-3-9/h2-5,8H,6H2,1H3,(H,14,15). The Morgan fingerprint density at radius 2 is 2.13 bits per heavy atom. The van der Waals surface area contributed by atoms with E-state index in [1.165, 1.54) is 0 Å². The van der Waals surface area contributed by atoms with Gasteiger partial charge in [-0.25, -0.2) is 0 Å². The Morgan fingerprint density at radius 3 is 2.67 bits per heavy atom. The molecule has 1 amide bonds. The van der Waals surface area contributed by atoms with Gasteiger partial charge in [0.15, 0.2) is 0 Å². The van der Waals surface area contributed by atoms with Crippen molar-refractivity contribution in [3.05, 3.63) is 34.9 Å². The van der Waals surface area contributed by atoms with Crippen molar-refractivity contribution < 1.29 is 4.79 Å². The van der Waals surface area contributed by atoms with E-state index >= 15 is 0 Å². The Balaban J connectivity index is 2.62. The van der Waals surface area contributed by atoms with Crippen LogP contribution >= 0.6 is 11.6 Å². The number of rotatable bonds is 3. The van der Waals surface area contributed by atoms with Gasteiger partial charge in [0.2, 0.25) is 0 Å². The van der Waals surface area contributed by atoms with Gasteiger partial charge < -0.3 is 5.32 Å². The smallest absolute Gasteiger partial charge is 0.251 e. The first-order valence-corrected chi connectivity index (χ1v) is 4.94. The molecule has 0 spiro atoms. The molecule has 3 nitrogen and oxygen atoms in total. The molecule has 0 radical (unpaired) electrons. The lowest BCUT2D eigenvalue weighted by Gasteiger charge is -2.09. The topological polar surface area (TPSA) is 52.9 Å². The first-order valence-electron chi connectivity index (χ1n) is 4.57. The zero-order valence-corrected chi connectivity index (χ0v) is 9.08. The summed E-state index contributed by atoms with van der Waals surface area (Å²) in [6.45, 7) is 1.79. The molecule has 15 heavy (non-hydrogen) atoms. The van der Waals surface area contributed by atoms with Gasteiger partial charge in [-0.1, -0.05) is 11.6 Å². The van der Waals surface area contributed by atoms with E-state index in [4.69, 9.17) is 16.9 Å². The van der Waals surface area contributed by atoms with Crippen LogP contribution in [0.3, 0.4) is 0 Å². The van der Waals surface area contributed by atoms with Crippen LogP contribution in [0.5, 0.6) is 0 Å². The number of carbonyl (C=O) groups is 1. The number of benzene rings is 1. The average Bonchev–Trinajstić information content (AvgIpc) is 2.18. The lowest BCUT2D eigenvalue weighted by molar-refractivity contribution is 0.0941. The largest absolute Gasteiger partial charge is 0.349 e. The first kappa shape index (κ1) is 11.5. The van der Waals surface area contributed by atoms with Crippen molar-refractivity contribution in [2.24, 2.45) is 0 Å². The van der Waals surface area contributed by atoms with Gasteiger partial charge in [0.25, 0.3) is 5.91 Å². The number of hydrogen-bond donors (Lipinski definition) is 1. The van der Waals surface area contributed by atoms with Crippen LogP contribution in [0.15, 0.2) is 24.3 Å². The van der Waals surface area contributed by atoms with Gasteiger partial charge in [-0.3, -0.25) is 4.79 Å². The van der Waals surface area contributed by atoms with Crippen LogP contribution in [0.4, 0.5) is 0 Å². The third kappa shape index (κ3) is 3.61. The Morgan fingerprint density at radius 1 is 1.53 bits per heavy atom. The molecule has 1 N–H and O–H groups in total. The summed E-state index contributed by atoms with van der Waals surface area (Å²) in [5.74, 6) is -0.186. The summed E-state index contributed by atoms with van der Waals surface area (Å²) >= 11 is 5.70. The zero-order valence-electron chi connectivity index (χ0n) is 8.33. The van der Waals surface area contributed by atoms with Crippen molar-refractivity contribution >= 4 is 17.5 Å². The molecule has 78 valence electrons. The average molecular weight is 223 g/mol. The molecular weight excluding hydrogens is 212 g/mol. The third-order valence-electron chi connectivity index (χ3n) is 1.88. The minimum Gasteiger partial charge on any atom is -0.349 e. The number of hydrogen-bond acceptors (Lipinski definition) is 2. The number of halogens is 1. The predicted molar refractivity (Wildman–Crippen MR) is 58.6 cm³/mol. The molecule has 0 heterocycles. The Kier molecular flexibility index (Phi) is 4.14. The second-order valence-electron chi connectivity index (χ2n) is 3.24. The molecule has 1 unspecified atom stereocenters. The van der Waals surface area contributed by atoms with E-state index < -0.39 is 0 Å². The summed E-state index contributed by atoms with van der Waals surface area (Å²) < 4.78 is 0. The minimum atomic E-state index is -0.186. The van der Waals surface area contributed by atoms with Gasteiger partial charge in [0, 0.05) is 16.6 Å². The van der Waals surface area contributed by atoms with E-state index in [1.807, 2.05) is 6.07 Å². The highest BCUT2D eigenvalue weighted by molar-refractivity contribution is 6.30. The molecule has 1 aromatic carbocycles. The van der Waals surface area contributed by atoms with Crippen molar-refractivity contribution in [2.45, 2.75) is 19.4 Å². The number of nitrogens with zero attached hydrogens (tertiary/aromatic N) is 1. The number of carbonyl (C=O) groups excluding carboxylic acids is 1. The van der Waals surface area contributed by atoms with Crippen LogP contribution in [0.25, 0.3) is 0 Å². The van der Waals surface area contributed by atoms with Crippen molar-refractivity contribution in [1.29, 1.82) is 5.26 Å². The van der Waals surface area contributed by atoms with Gasteiger partial charge >= 0.3 is 0 Å². The highest BCUT2D eigenvalue weighted by Crippen LogP contribution is 2.09. The summed E-state index contributed by atoms with van der Waals surface area (Å²) in [7, 11) is 0. The quantitative estimate of drug-likeness (QED) is 0.854. The second kappa shape index (κ2) is 5.38. The molecule has 1 rings (SSSR count). The van der Waals surface area contributed by atoms with Crippen LogP contribution < -0.4 is 5.32 Å². The maximum atomic E-state index is 11.6. The van der Waals surface area contributed by atoms with E-state index in [9.17, 15) is 4.79 Å². The van der Waals surface area contributed by atoms with Gasteiger partial charge in [-0.15, -0.1) is 0 Å². The maximum absolute atomic E-state index is 11.6. The Bertz CT molecular complexity index is 381. The van der Waals surface area contributed by atoms with E-state index in [0.29, 0.717) is 17.0 Å². The minimum absolute atomic E-state index is 0.141. The SMILES string of the molecule is CC(CC#N)NC(=O)c1ccc(Cl)cc1. The van der Waals surface area contributed by atoms with Gasteiger partial charge in [-0.05, 0) is 31.2 Å². The fraction of sp³-hybridized carbons (Fsp3) is 0.273. The van der Waals surface area contributed by atoms with Crippen molar-refractivity contribution in [1.82, 2.24) is 5.32 Å². The predicted octanol–water partition coefficient (Wildman–Crippen LogP) is 2.37. The summed E-state index contributed by atoms with van der Waals surface area (Å²) in [5.41, 5.74) is 0.546. The van der Waals surface area contributed by atoms with E-state index in [1.54, 1.807) is 31.2 Å². The van der Waals surface area contributed by atoms with Crippen LogP contribution in [0.2, 0.25) is 5.02 Å². The molecule has 0 fully saturated rings. The summed E-state index contributed by atoms with van der Waals surface area (Å²) in [5, 5.41) is 11.7. The van der Waals surface area contributed by atoms with Gasteiger partial charge in [0.05, 0.1) is 12.5 Å². The molecule has 0 aliphatic heterocycles. The lowest BCUT2D eigenvalue weighted by atomic mass is 10.2. The monoisotopic (exact) mass is 222 g/mol. The molecule has 0 saturated heterocycles. The summed E-state index contributed by atoms with van der Waals surface area (Å²) in [6.07, 6.45) is 0.305. The molecule has 0 aromatic heterocycles. The number of nitrogens with one attached hydrogen (secondary N) is 1.